The number of piperidine rings is 1. The van der Waals surface area contributed by atoms with Crippen LogP contribution in [0.3, 0.4) is 0 Å². The van der Waals surface area contributed by atoms with Crippen molar-refractivity contribution in [3.63, 3.8) is 0 Å². The fourth-order valence-electron chi connectivity index (χ4n) is 5.41. The number of benzene rings is 1. The number of carbonyl (C=O) groups excluding carboxylic acids is 2. The van der Waals surface area contributed by atoms with Gasteiger partial charge in [0.1, 0.15) is 5.71 Å². The van der Waals surface area contributed by atoms with E-state index in [0.29, 0.717) is 53.8 Å². The molecule has 0 aliphatic carbocycles. The highest BCUT2D eigenvalue weighted by molar-refractivity contribution is 6.51. The van der Waals surface area contributed by atoms with Crippen molar-refractivity contribution in [1.82, 2.24) is 24.0 Å². The first-order chi connectivity index (χ1) is 17.8. The Morgan fingerprint density at radius 2 is 1.95 bits per heavy atom. The van der Waals surface area contributed by atoms with Crippen molar-refractivity contribution in [1.29, 1.82) is 0 Å². The van der Waals surface area contributed by atoms with Crippen LogP contribution in [0, 0.1) is 6.92 Å². The van der Waals surface area contributed by atoms with Crippen LogP contribution in [0.15, 0.2) is 61.2 Å². The van der Waals surface area contributed by atoms with Crippen LogP contribution < -0.4 is 11.4 Å². The number of H-pyrrole nitrogens is 1. The first-order valence-corrected chi connectivity index (χ1v) is 12.1. The lowest BCUT2D eigenvalue weighted by Gasteiger charge is -2.36. The van der Waals surface area contributed by atoms with E-state index in [2.05, 4.69) is 19.9 Å². The number of ketones is 1. The zero-order valence-electron chi connectivity index (χ0n) is 20.4. The minimum absolute atomic E-state index is 0.00610. The maximum Gasteiger partial charge on any atom is 0.419 e. The molecule has 0 unspecified atom stereocenters. The molecule has 1 fully saturated rings. The summed E-state index contributed by atoms with van der Waals surface area (Å²) >= 11 is 0. The highest BCUT2D eigenvalue weighted by Crippen LogP contribution is 2.28. The van der Waals surface area contributed by atoms with E-state index in [9.17, 15) is 19.2 Å². The van der Waals surface area contributed by atoms with Crippen LogP contribution in [0.4, 0.5) is 0 Å². The Bertz CT molecular complexity index is 1770. The minimum atomic E-state index is -0.510. The molecule has 37 heavy (non-hydrogen) atoms. The number of aliphatic imine (C=N–C) groups is 1. The standard InChI is InChI=1S/C26H24N6O5/c1-14-10-15(11-20-22(14)30(2)26(36)37-20)23(34)18-12-17(13-21(33)28-18)31-8-5-16(6-9-31)32-19-4-3-7-27-24(19)29-25(32)35/h3-4,7,10-12,16H,5-6,8-9,13H2,1-2H3,(H,27,29,35). The molecule has 2 aliphatic heterocycles. The third-order valence-corrected chi connectivity index (χ3v) is 7.17. The molecular weight excluding hydrogens is 476 g/mol. The summed E-state index contributed by atoms with van der Waals surface area (Å²) < 4.78 is 8.42. The van der Waals surface area contributed by atoms with Gasteiger partial charge in [-0.1, -0.05) is 0 Å². The summed E-state index contributed by atoms with van der Waals surface area (Å²) in [4.78, 5) is 63.4. The number of amides is 1. The van der Waals surface area contributed by atoms with Gasteiger partial charge < -0.3 is 9.32 Å². The Hall–Kier alpha value is -4.54. The molecule has 1 saturated heterocycles. The Morgan fingerprint density at radius 1 is 1.16 bits per heavy atom. The molecule has 11 heteroatoms. The van der Waals surface area contributed by atoms with Gasteiger partial charge in [-0.2, -0.15) is 0 Å². The molecular formula is C26H24N6O5. The number of nitrogens with one attached hydrogen (secondary N) is 1. The van der Waals surface area contributed by atoms with Crippen molar-refractivity contribution >= 4 is 39.7 Å². The third-order valence-electron chi connectivity index (χ3n) is 7.17. The quantitative estimate of drug-likeness (QED) is 0.425. The lowest BCUT2D eigenvalue weighted by Crippen LogP contribution is -2.38. The van der Waals surface area contributed by atoms with E-state index in [1.54, 1.807) is 36.9 Å². The average molecular weight is 501 g/mol. The number of hydrogen-bond donors (Lipinski definition) is 1. The second-order valence-electron chi connectivity index (χ2n) is 9.49. The number of aryl methyl sites for hydroxylation is 2. The zero-order valence-corrected chi connectivity index (χ0v) is 20.4. The molecule has 1 amide bonds. The maximum absolute atomic E-state index is 13.3. The molecule has 188 valence electrons. The normalized spacial score (nSPS) is 16.9. The Kier molecular flexibility index (Phi) is 5.28. The number of hydrogen-bond acceptors (Lipinski definition) is 7. The monoisotopic (exact) mass is 500 g/mol. The second kappa shape index (κ2) is 8.54. The molecule has 1 aromatic carbocycles. The van der Waals surface area contributed by atoms with Crippen LogP contribution in [0.25, 0.3) is 22.3 Å². The number of nitrogens with zero attached hydrogens (tertiary/aromatic N) is 5. The number of allylic oxidation sites excluding steroid dienone is 1. The number of rotatable bonds is 4. The summed E-state index contributed by atoms with van der Waals surface area (Å²) in [6.45, 7) is 3.05. The summed E-state index contributed by atoms with van der Waals surface area (Å²) in [5, 5.41) is 0. The Balaban J connectivity index is 1.24. The van der Waals surface area contributed by atoms with Crippen molar-refractivity contribution in [2.75, 3.05) is 13.1 Å². The molecule has 5 heterocycles. The van der Waals surface area contributed by atoms with Gasteiger partial charge in [-0.3, -0.25) is 23.7 Å². The van der Waals surface area contributed by atoms with Gasteiger partial charge >= 0.3 is 11.4 Å². The maximum atomic E-state index is 13.3. The fraction of sp³-hybridized carbons (Fsp3) is 0.308. The number of carbonyl (C=O) groups is 2. The molecule has 1 N–H and O–H groups in total. The molecule has 4 aromatic rings. The van der Waals surface area contributed by atoms with E-state index in [-0.39, 0.29) is 29.8 Å². The highest BCUT2D eigenvalue weighted by atomic mass is 16.4. The SMILES string of the molecule is Cc1cc(C(=O)C2=NC(=O)CC(N3CCC(n4c(=O)[nH]c5ncccc54)CC3)=C2)cc2oc(=O)n(C)c12. The Morgan fingerprint density at radius 3 is 2.73 bits per heavy atom. The van der Waals surface area contributed by atoms with E-state index in [1.807, 2.05) is 12.1 Å². The van der Waals surface area contributed by atoms with Gasteiger partial charge in [-0.05, 0) is 55.7 Å². The highest BCUT2D eigenvalue weighted by Gasteiger charge is 2.29. The van der Waals surface area contributed by atoms with Gasteiger partial charge in [0.25, 0.3) is 5.91 Å². The molecule has 0 saturated carbocycles. The van der Waals surface area contributed by atoms with Crippen LogP contribution in [0.2, 0.25) is 0 Å². The number of pyridine rings is 1. The van der Waals surface area contributed by atoms with Gasteiger partial charge in [0.15, 0.2) is 11.2 Å². The third kappa shape index (κ3) is 3.83. The number of likely N-dealkylation sites (tertiary alicyclic amines) is 1. The number of Topliss-reactive ketones (excluding diaryl/α,β-unsaturated/α-hetero) is 1. The number of imidazole rings is 1. The smallest absolute Gasteiger partial charge is 0.408 e. The number of aromatic nitrogens is 4. The summed E-state index contributed by atoms with van der Waals surface area (Å²) in [6.07, 6.45) is 4.84. The van der Waals surface area contributed by atoms with Crippen molar-refractivity contribution in [2.45, 2.75) is 32.2 Å². The summed E-state index contributed by atoms with van der Waals surface area (Å²) in [5.74, 6) is -1.30. The molecule has 2 aliphatic rings. The van der Waals surface area contributed by atoms with Crippen molar-refractivity contribution in [2.24, 2.45) is 12.0 Å². The van der Waals surface area contributed by atoms with Crippen LogP contribution in [-0.4, -0.2) is 54.5 Å². The molecule has 0 spiro atoms. The average Bonchev–Trinajstić information content (AvgIpc) is 3.38. The lowest BCUT2D eigenvalue weighted by atomic mass is 9.99. The molecule has 11 nitrogen and oxygen atoms in total. The van der Waals surface area contributed by atoms with Gasteiger partial charge in [-0.15, -0.1) is 0 Å². The summed E-state index contributed by atoms with van der Waals surface area (Å²) in [5.41, 5.74) is 3.90. The van der Waals surface area contributed by atoms with Crippen LogP contribution in [-0.2, 0) is 11.8 Å². The van der Waals surface area contributed by atoms with E-state index in [1.165, 1.54) is 10.6 Å². The topological polar surface area (TPSA) is 136 Å². The Labute approximate surface area is 209 Å². The van der Waals surface area contributed by atoms with E-state index < -0.39 is 11.5 Å². The number of dihydropyridines is 1. The first kappa shape index (κ1) is 22.9. The second-order valence-corrected chi connectivity index (χ2v) is 9.49. The van der Waals surface area contributed by atoms with Crippen LogP contribution in [0.5, 0.6) is 0 Å². The lowest BCUT2D eigenvalue weighted by molar-refractivity contribution is -0.117. The predicted molar refractivity (Wildman–Crippen MR) is 136 cm³/mol. The number of aromatic amines is 1. The van der Waals surface area contributed by atoms with Crippen molar-refractivity contribution in [3.05, 3.63) is 74.4 Å². The van der Waals surface area contributed by atoms with Gasteiger partial charge in [0, 0.05) is 43.6 Å². The molecule has 0 radical (unpaired) electrons. The summed E-state index contributed by atoms with van der Waals surface area (Å²) in [7, 11) is 1.61. The number of fused-ring (bicyclic) bond motifs is 2. The first-order valence-electron chi connectivity index (χ1n) is 12.1. The van der Waals surface area contributed by atoms with E-state index >= 15 is 0 Å². The van der Waals surface area contributed by atoms with Crippen LogP contribution >= 0.6 is 0 Å². The summed E-state index contributed by atoms with van der Waals surface area (Å²) in [6, 6.07) is 6.88. The fourth-order valence-corrected chi connectivity index (χ4v) is 5.41. The zero-order chi connectivity index (χ0) is 25.8. The predicted octanol–water partition coefficient (Wildman–Crippen LogP) is 2.25. The van der Waals surface area contributed by atoms with Crippen LogP contribution in [0.1, 0.15) is 41.2 Å². The molecule has 0 atom stereocenters. The minimum Gasteiger partial charge on any atom is -0.408 e. The van der Waals surface area contributed by atoms with Gasteiger partial charge in [-0.25, -0.2) is 19.6 Å². The molecule has 6 rings (SSSR count). The van der Waals surface area contributed by atoms with E-state index in [4.69, 9.17) is 4.42 Å². The van der Waals surface area contributed by atoms with Gasteiger partial charge in [0.05, 0.1) is 17.5 Å². The van der Waals surface area contributed by atoms with Crippen molar-refractivity contribution < 1.29 is 14.0 Å². The van der Waals surface area contributed by atoms with Crippen molar-refractivity contribution in [3.8, 4) is 0 Å². The molecule has 0 bridgehead atoms. The largest absolute Gasteiger partial charge is 0.419 e. The molecule has 3 aromatic heterocycles. The van der Waals surface area contributed by atoms with E-state index in [0.717, 1.165) is 11.2 Å². The number of oxazole rings is 1. The van der Waals surface area contributed by atoms with Gasteiger partial charge in [0.2, 0.25) is 5.78 Å².